The van der Waals surface area contributed by atoms with Crippen LogP contribution in [0.5, 0.6) is 17.2 Å². The smallest absolute Gasteiger partial charge is 0.237 e. The van der Waals surface area contributed by atoms with Crippen molar-refractivity contribution in [1.82, 2.24) is 4.98 Å². The van der Waals surface area contributed by atoms with Crippen LogP contribution in [-0.4, -0.2) is 24.3 Å². The van der Waals surface area contributed by atoms with Crippen molar-refractivity contribution < 1.29 is 19.1 Å². The highest BCUT2D eigenvalue weighted by molar-refractivity contribution is 5.91. The Morgan fingerprint density at radius 3 is 2.38 bits per heavy atom. The number of anilines is 2. The van der Waals surface area contributed by atoms with E-state index in [1.807, 2.05) is 28.8 Å². The Kier molecular flexibility index (Phi) is 4.37. The van der Waals surface area contributed by atoms with Crippen molar-refractivity contribution in [2.24, 2.45) is 0 Å². The van der Waals surface area contributed by atoms with Crippen molar-refractivity contribution in [3.63, 3.8) is 0 Å². The molecule has 0 bridgehead atoms. The largest absolute Gasteiger partial charge is 0.508 e. The van der Waals surface area contributed by atoms with Crippen molar-refractivity contribution in [1.29, 1.82) is 0 Å². The lowest BCUT2D eigenvalue weighted by Crippen LogP contribution is -2.36. The van der Waals surface area contributed by atoms with Crippen molar-refractivity contribution in [2.45, 2.75) is 13.5 Å². The normalized spacial score (nSPS) is 10.6. The zero-order chi connectivity index (χ0) is 17.1. The van der Waals surface area contributed by atoms with Crippen LogP contribution in [0.4, 0.5) is 11.5 Å². The van der Waals surface area contributed by atoms with Crippen LogP contribution in [0.2, 0.25) is 0 Å². The van der Waals surface area contributed by atoms with Crippen LogP contribution in [0, 0.1) is 0 Å². The van der Waals surface area contributed by atoms with E-state index in [1.165, 1.54) is 0 Å². The van der Waals surface area contributed by atoms with Gasteiger partial charge in [-0.15, -0.1) is 4.98 Å². The molecule has 0 amide bonds. The fourth-order valence-corrected chi connectivity index (χ4v) is 2.57. The van der Waals surface area contributed by atoms with Gasteiger partial charge in [-0.25, -0.2) is 4.57 Å². The number of phenols is 1. The summed E-state index contributed by atoms with van der Waals surface area (Å²) >= 11 is 0. The number of aromatic nitrogens is 2. The molecule has 124 valence electrons. The molecule has 0 atom stereocenters. The fraction of sp³-hybridized carbons (Fsp3) is 0.222. The maximum absolute atomic E-state index is 9.45. The van der Waals surface area contributed by atoms with Gasteiger partial charge in [-0.3, -0.25) is 5.32 Å². The van der Waals surface area contributed by atoms with Gasteiger partial charge in [0, 0.05) is 12.1 Å². The molecule has 0 saturated carbocycles. The lowest BCUT2D eigenvalue weighted by atomic mass is 10.2. The molecule has 0 radical (unpaired) electrons. The number of aromatic hydroxyl groups is 1. The molecule has 6 heteroatoms. The molecule has 0 aliphatic carbocycles. The van der Waals surface area contributed by atoms with Crippen molar-refractivity contribution in [2.75, 3.05) is 19.5 Å². The Labute approximate surface area is 140 Å². The highest BCUT2D eigenvalue weighted by Gasteiger charge is 2.18. The van der Waals surface area contributed by atoms with Crippen LogP contribution in [0.3, 0.4) is 0 Å². The standard InChI is InChI=1S/C18H19N3O3/c1-4-21-11-19-15-10-17(24-3)16(23-2)9-14(15)18(21)20-12-5-7-13(22)8-6-12/h5-11,22H,4H2,1-3H3/p+1. The predicted molar refractivity (Wildman–Crippen MR) is 92.1 cm³/mol. The van der Waals surface area contributed by atoms with E-state index in [4.69, 9.17) is 9.47 Å². The van der Waals surface area contributed by atoms with Gasteiger partial charge in [0.25, 0.3) is 0 Å². The van der Waals surface area contributed by atoms with E-state index in [9.17, 15) is 5.11 Å². The van der Waals surface area contributed by atoms with Gasteiger partial charge in [-0.2, -0.15) is 0 Å². The summed E-state index contributed by atoms with van der Waals surface area (Å²) in [5, 5.41) is 13.8. The Hall–Kier alpha value is -3.02. The van der Waals surface area contributed by atoms with E-state index in [0.29, 0.717) is 11.5 Å². The molecule has 0 unspecified atom stereocenters. The summed E-state index contributed by atoms with van der Waals surface area (Å²) in [6.07, 6.45) is 1.79. The summed E-state index contributed by atoms with van der Waals surface area (Å²) in [7, 11) is 3.22. The number of phenolic OH excluding ortho intramolecular Hbond substituents is 1. The minimum atomic E-state index is 0.231. The molecule has 0 aliphatic rings. The lowest BCUT2D eigenvalue weighted by molar-refractivity contribution is -0.681. The van der Waals surface area contributed by atoms with Gasteiger partial charge in [0.1, 0.15) is 5.75 Å². The van der Waals surface area contributed by atoms with Crippen LogP contribution < -0.4 is 19.4 Å². The molecule has 0 fully saturated rings. The Morgan fingerprint density at radius 2 is 1.75 bits per heavy atom. The quantitative estimate of drug-likeness (QED) is 0.557. The van der Waals surface area contributed by atoms with Crippen LogP contribution in [0.1, 0.15) is 6.92 Å². The summed E-state index contributed by atoms with van der Waals surface area (Å²) in [5.74, 6) is 2.42. The molecule has 1 heterocycles. The minimum Gasteiger partial charge on any atom is -0.508 e. The van der Waals surface area contributed by atoms with Crippen LogP contribution in [0.15, 0.2) is 42.7 Å². The van der Waals surface area contributed by atoms with Crippen molar-refractivity contribution in [3.05, 3.63) is 42.7 Å². The Bertz CT molecular complexity index is 864. The first-order valence-electron chi connectivity index (χ1n) is 7.66. The fourth-order valence-electron chi connectivity index (χ4n) is 2.57. The first kappa shape index (κ1) is 15.9. The third kappa shape index (κ3) is 2.90. The van der Waals surface area contributed by atoms with Gasteiger partial charge in [-0.05, 0) is 31.2 Å². The number of nitrogens with zero attached hydrogens (tertiary/aromatic N) is 2. The summed E-state index contributed by atoms with van der Waals surface area (Å²) < 4.78 is 12.8. The zero-order valence-electron chi connectivity index (χ0n) is 13.9. The number of hydrogen-bond acceptors (Lipinski definition) is 5. The minimum absolute atomic E-state index is 0.231. The van der Waals surface area contributed by atoms with Gasteiger partial charge >= 0.3 is 0 Å². The highest BCUT2D eigenvalue weighted by atomic mass is 16.5. The van der Waals surface area contributed by atoms with Gasteiger partial charge in [0.15, 0.2) is 17.0 Å². The molecule has 2 N–H and O–H groups in total. The molecular formula is C18H20N3O3+. The molecule has 0 aliphatic heterocycles. The number of aryl methyl sites for hydroxylation is 1. The number of ether oxygens (including phenoxy) is 2. The third-order valence-electron chi connectivity index (χ3n) is 3.85. The number of nitrogens with one attached hydrogen (secondary N) is 1. The molecule has 0 spiro atoms. The monoisotopic (exact) mass is 326 g/mol. The SMILES string of the molecule is CC[n+]1cnc2cc(OC)c(OC)cc2c1Nc1ccc(O)cc1. The first-order valence-corrected chi connectivity index (χ1v) is 7.66. The third-order valence-corrected chi connectivity index (χ3v) is 3.85. The van der Waals surface area contributed by atoms with E-state index in [2.05, 4.69) is 17.2 Å². The number of methoxy groups -OCH3 is 2. The summed E-state index contributed by atoms with van der Waals surface area (Å²) in [4.78, 5) is 4.50. The maximum Gasteiger partial charge on any atom is 0.237 e. The lowest BCUT2D eigenvalue weighted by Gasteiger charge is -2.12. The zero-order valence-corrected chi connectivity index (χ0v) is 13.9. The average molecular weight is 326 g/mol. The average Bonchev–Trinajstić information content (AvgIpc) is 2.62. The Balaban J connectivity index is 2.17. The number of benzene rings is 2. The van der Waals surface area contributed by atoms with E-state index < -0.39 is 0 Å². The molecule has 0 saturated heterocycles. The molecule has 6 nitrogen and oxygen atoms in total. The maximum atomic E-state index is 9.45. The van der Waals surface area contributed by atoms with Crippen molar-refractivity contribution in [3.8, 4) is 17.2 Å². The first-order chi connectivity index (χ1) is 11.7. The molecule has 24 heavy (non-hydrogen) atoms. The number of hydrogen-bond donors (Lipinski definition) is 2. The Morgan fingerprint density at radius 1 is 1.08 bits per heavy atom. The van der Waals surface area contributed by atoms with E-state index in [1.54, 1.807) is 32.7 Å². The molecule has 1 aromatic heterocycles. The van der Waals surface area contributed by atoms with E-state index in [0.717, 1.165) is 29.0 Å². The van der Waals surface area contributed by atoms with Crippen LogP contribution >= 0.6 is 0 Å². The molecule has 3 rings (SSSR count). The second-order valence-corrected chi connectivity index (χ2v) is 5.28. The number of fused-ring (bicyclic) bond motifs is 1. The molecule has 3 aromatic rings. The van der Waals surface area contributed by atoms with Gasteiger partial charge in [0.2, 0.25) is 12.1 Å². The van der Waals surface area contributed by atoms with Gasteiger partial charge in [0.05, 0.1) is 31.8 Å². The molecular weight excluding hydrogens is 306 g/mol. The van der Waals surface area contributed by atoms with Crippen LogP contribution in [0.25, 0.3) is 10.9 Å². The summed E-state index contributed by atoms with van der Waals surface area (Å²) in [5.41, 5.74) is 1.68. The predicted octanol–water partition coefficient (Wildman–Crippen LogP) is 3.01. The summed E-state index contributed by atoms with van der Waals surface area (Å²) in [6.45, 7) is 2.81. The topological polar surface area (TPSA) is 67.5 Å². The summed E-state index contributed by atoms with van der Waals surface area (Å²) in [6, 6.07) is 10.7. The van der Waals surface area contributed by atoms with E-state index in [-0.39, 0.29) is 5.75 Å². The van der Waals surface area contributed by atoms with E-state index >= 15 is 0 Å². The van der Waals surface area contributed by atoms with Gasteiger partial charge in [-0.1, -0.05) is 0 Å². The second-order valence-electron chi connectivity index (χ2n) is 5.28. The van der Waals surface area contributed by atoms with Gasteiger partial charge < -0.3 is 14.6 Å². The van der Waals surface area contributed by atoms with Crippen LogP contribution in [-0.2, 0) is 6.54 Å². The molecule has 2 aromatic carbocycles. The second kappa shape index (κ2) is 6.62. The number of rotatable bonds is 5. The highest BCUT2D eigenvalue weighted by Crippen LogP contribution is 2.34. The van der Waals surface area contributed by atoms with Crippen molar-refractivity contribution >= 4 is 22.4 Å².